The average Bonchev–Trinajstić information content (AvgIpc) is 2.88. The van der Waals surface area contributed by atoms with Gasteiger partial charge in [-0.15, -0.1) is 0 Å². The van der Waals surface area contributed by atoms with Gasteiger partial charge < -0.3 is 9.84 Å². The number of carboxylic acids is 1. The quantitative estimate of drug-likeness (QED) is 0.879. The standard InChI is InChI=1S/C15H18N2O3/c1-15(2,9-20-3)11-7-5-4-6-10(11)12-8-13(14(18)19)17-16-12/h4-8H,9H2,1-3H3,(H,16,17)(H,18,19). The summed E-state index contributed by atoms with van der Waals surface area (Å²) in [5.41, 5.74) is 2.51. The van der Waals surface area contributed by atoms with Crippen LogP contribution in [0.25, 0.3) is 11.3 Å². The Balaban J connectivity index is 2.49. The van der Waals surface area contributed by atoms with Crippen molar-refractivity contribution in [2.45, 2.75) is 19.3 Å². The van der Waals surface area contributed by atoms with Crippen molar-refractivity contribution in [1.82, 2.24) is 10.2 Å². The molecule has 2 N–H and O–H groups in total. The van der Waals surface area contributed by atoms with Gasteiger partial charge >= 0.3 is 5.97 Å². The highest BCUT2D eigenvalue weighted by Gasteiger charge is 2.25. The molecule has 1 aromatic heterocycles. The maximum atomic E-state index is 10.9. The monoisotopic (exact) mass is 274 g/mol. The second kappa shape index (κ2) is 5.46. The summed E-state index contributed by atoms with van der Waals surface area (Å²) in [6.07, 6.45) is 0. The van der Waals surface area contributed by atoms with E-state index in [-0.39, 0.29) is 11.1 Å². The number of methoxy groups -OCH3 is 1. The Bertz CT molecular complexity index is 617. The van der Waals surface area contributed by atoms with Gasteiger partial charge in [0.25, 0.3) is 0 Å². The van der Waals surface area contributed by atoms with E-state index < -0.39 is 5.97 Å². The molecule has 1 heterocycles. The molecule has 106 valence electrons. The number of rotatable bonds is 5. The molecule has 2 rings (SSSR count). The van der Waals surface area contributed by atoms with Gasteiger partial charge in [0, 0.05) is 18.1 Å². The van der Waals surface area contributed by atoms with Gasteiger partial charge in [-0.3, -0.25) is 5.10 Å². The van der Waals surface area contributed by atoms with Crippen LogP contribution in [0.3, 0.4) is 0 Å². The SMILES string of the molecule is COCC(C)(C)c1ccccc1-c1cc(C(=O)O)[nH]n1. The van der Waals surface area contributed by atoms with Crippen molar-refractivity contribution in [3.8, 4) is 11.3 Å². The summed E-state index contributed by atoms with van der Waals surface area (Å²) in [7, 11) is 1.67. The minimum absolute atomic E-state index is 0.0827. The molecular formula is C15H18N2O3. The molecule has 5 heteroatoms. The van der Waals surface area contributed by atoms with Gasteiger partial charge in [-0.2, -0.15) is 5.10 Å². The Hall–Kier alpha value is -2.14. The number of aromatic nitrogens is 2. The minimum Gasteiger partial charge on any atom is -0.477 e. The van der Waals surface area contributed by atoms with E-state index in [9.17, 15) is 4.79 Å². The summed E-state index contributed by atoms with van der Waals surface area (Å²) >= 11 is 0. The van der Waals surface area contributed by atoms with Crippen LogP contribution in [0, 0.1) is 0 Å². The van der Waals surface area contributed by atoms with E-state index in [2.05, 4.69) is 24.0 Å². The highest BCUT2D eigenvalue weighted by Crippen LogP contribution is 2.32. The number of benzene rings is 1. The van der Waals surface area contributed by atoms with Crippen LogP contribution in [0.15, 0.2) is 30.3 Å². The zero-order valence-electron chi connectivity index (χ0n) is 11.8. The predicted octanol–water partition coefficient (Wildman–Crippen LogP) is 2.70. The van der Waals surface area contributed by atoms with E-state index >= 15 is 0 Å². The van der Waals surface area contributed by atoms with Crippen molar-refractivity contribution in [3.63, 3.8) is 0 Å². The number of aromatic carboxylic acids is 1. The fraction of sp³-hybridized carbons (Fsp3) is 0.333. The number of nitrogens with one attached hydrogen (secondary N) is 1. The molecule has 20 heavy (non-hydrogen) atoms. The first-order valence-corrected chi connectivity index (χ1v) is 6.33. The summed E-state index contributed by atoms with van der Waals surface area (Å²) in [5.74, 6) is -1.02. The van der Waals surface area contributed by atoms with Gasteiger partial charge in [0.1, 0.15) is 5.69 Å². The number of hydrogen-bond acceptors (Lipinski definition) is 3. The van der Waals surface area contributed by atoms with E-state index in [1.54, 1.807) is 13.2 Å². The summed E-state index contributed by atoms with van der Waals surface area (Å²) in [4.78, 5) is 10.9. The van der Waals surface area contributed by atoms with Crippen molar-refractivity contribution in [2.75, 3.05) is 13.7 Å². The van der Waals surface area contributed by atoms with E-state index in [1.807, 2.05) is 24.3 Å². The van der Waals surface area contributed by atoms with Crippen LogP contribution in [0.4, 0.5) is 0 Å². The van der Waals surface area contributed by atoms with Crippen molar-refractivity contribution in [3.05, 3.63) is 41.6 Å². The van der Waals surface area contributed by atoms with Gasteiger partial charge in [0.05, 0.1) is 12.3 Å². The van der Waals surface area contributed by atoms with E-state index in [1.165, 1.54) is 0 Å². The maximum absolute atomic E-state index is 10.9. The summed E-state index contributed by atoms with van der Waals surface area (Å²) in [6, 6.07) is 9.37. The molecule has 0 aliphatic heterocycles. The third-order valence-electron chi connectivity index (χ3n) is 3.25. The van der Waals surface area contributed by atoms with Crippen LogP contribution >= 0.6 is 0 Å². The molecule has 0 aliphatic rings. The molecule has 0 bridgehead atoms. The number of nitrogens with zero attached hydrogens (tertiary/aromatic N) is 1. The van der Waals surface area contributed by atoms with Crippen molar-refractivity contribution >= 4 is 5.97 Å². The summed E-state index contributed by atoms with van der Waals surface area (Å²) < 4.78 is 5.27. The van der Waals surface area contributed by atoms with Gasteiger partial charge in [-0.25, -0.2) is 4.79 Å². The first-order chi connectivity index (χ1) is 9.45. The zero-order valence-corrected chi connectivity index (χ0v) is 11.8. The molecule has 0 aliphatic carbocycles. The normalized spacial score (nSPS) is 11.6. The molecule has 1 aromatic carbocycles. The molecule has 5 nitrogen and oxygen atoms in total. The fourth-order valence-electron chi connectivity index (χ4n) is 2.30. The average molecular weight is 274 g/mol. The Morgan fingerprint density at radius 2 is 2.10 bits per heavy atom. The molecule has 0 saturated carbocycles. The lowest BCUT2D eigenvalue weighted by atomic mass is 9.81. The highest BCUT2D eigenvalue weighted by atomic mass is 16.5. The molecule has 0 atom stereocenters. The number of carbonyl (C=O) groups is 1. The zero-order chi connectivity index (χ0) is 14.8. The lowest BCUT2D eigenvalue weighted by molar-refractivity contribution is 0.0690. The third kappa shape index (κ3) is 2.72. The predicted molar refractivity (Wildman–Crippen MR) is 75.9 cm³/mol. The van der Waals surface area contributed by atoms with Crippen LogP contribution in [-0.4, -0.2) is 35.0 Å². The number of ether oxygens (including phenoxy) is 1. The first-order valence-electron chi connectivity index (χ1n) is 6.33. The first kappa shape index (κ1) is 14.3. The Labute approximate surface area is 117 Å². The second-order valence-electron chi connectivity index (χ2n) is 5.33. The van der Waals surface area contributed by atoms with Crippen LogP contribution in [-0.2, 0) is 10.2 Å². The van der Waals surface area contributed by atoms with Crippen molar-refractivity contribution in [1.29, 1.82) is 0 Å². The number of H-pyrrole nitrogens is 1. The topological polar surface area (TPSA) is 75.2 Å². The van der Waals surface area contributed by atoms with Gasteiger partial charge in [-0.05, 0) is 11.6 Å². The molecule has 0 unspecified atom stereocenters. The van der Waals surface area contributed by atoms with Crippen LogP contribution in [0.1, 0.15) is 29.9 Å². The van der Waals surface area contributed by atoms with E-state index in [0.29, 0.717) is 12.3 Å². The van der Waals surface area contributed by atoms with Crippen LogP contribution in [0.5, 0.6) is 0 Å². The van der Waals surface area contributed by atoms with Crippen LogP contribution in [0.2, 0.25) is 0 Å². The molecular weight excluding hydrogens is 256 g/mol. The Morgan fingerprint density at radius 1 is 1.40 bits per heavy atom. The number of hydrogen-bond donors (Lipinski definition) is 2. The van der Waals surface area contributed by atoms with Crippen molar-refractivity contribution < 1.29 is 14.6 Å². The van der Waals surface area contributed by atoms with E-state index in [0.717, 1.165) is 11.1 Å². The van der Waals surface area contributed by atoms with Gasteiger partial charge in [0.2, 0.25) is 0 Å². The summed E-state index contributed by atoms with van der Waals surface area (Å²) in [6.45, 7) is 4.74. The number of carboxylic acid groups (broad SMARTS) is 1. The largest absolute Gasteiger partial charge is 0.477 e. The highest BCUT2D eigenvalue weighted by molar-refractivity contribution is 5.87. The van der Waals surface area contributed by atoms with Gasteiger partial charge in [-0.1, -0.05) is 38.1 Å². The van der Waals surface area contributed by atoms with E-state index in [4.69, 9.17) is 9.84 Å². The van der Waals surface area contributed by atoms with Crippen molar-refractivity contribution in [2.24, 2.45) is 0 Å². The third-order valence-corrected chi connectivity index (χ3v) is 3.25. The molecule has 0 radical (unpaired) electrons. The van der Waals surface area contributed by atoms with Crippen LogP contribution < -0.4 is 0 Å². The Morgan fingerprint density at radius 3 is 2.70 bits per heavy atom. The molecule has 0 amide bonds. The minimum atomic E-state index is -1.02. The lowest BCUT2D eigenvalue weighted by Gasteiger charge is -2.26. The molecule has 0 fully saturated rings. The molecule has 2 aromatic rings. The van der Waals surface area contributed by atoms with Gasteiger partial charge in [0.15, 0.2) is 0 Å². The second-order valence-corrected chi connectivity index (χ2v) is 5.33. The Kier molecular flexibility index (Phi) is 3.90. The summed E-state index contributed by atoms with van der Waals surface area (Å²) in [5, 5.41) is 15.6. The number of aromatic amines is 1. The molecule has 0 spiro atoms. The fourth-order valence-corrected chi connectivity index (χ4v) is 2.30. The maximum Gasteiger partial charge on any atom is 0.353 e. The lowest BCUT2D eigenvalue weighted by Crippen LogP contribution is -2.24. The molecule has 0 saturated heterocycles. The smallest absolute Gasteiger partial charge is 0.353 e.